The number of halogens is 1. The molecule has 0 N–H and O–H groups in total. The van der Waals surface area contributed by atoms with Gasteiger partial charge in [-0.3, -0.25) is 0 Å². The Morgan fingerprint density at radius 2 is 1.08 bits per heavy atom. The quantitative estimate of drug-likeness (QED) is 0.188. The van der Waals surface area contributed by atoms with Crippen molar-refractivity contribution in [2.75, 3.05) is 24.7 Å². The molecule has 0 radical (unpaired) electrons. The Balaban J connectivity index is 3.41. The fraction of sp³-hybridized carbons (Fsp3) is 1.00. The summed E-state index contributed by atoms with van der Waals surface area (Å²) in [7, 11) is -3.14. The second-order valence-corrected chi connectivity index (χ2v) is 9.56. The van der Waals surface area contributed by atoms with E-state index in [1.807, 2.05) is 6.92 Å². The van der Waals surface area contributed by atoms with Gasteiger partial charge in [-0.05, 0) is 6.42 Å². The summed E-state index contributed by atoms with van der Waals surface area (Å²) in [6.45, 7) is 5.37. The fourth-order valence-electron chi connectivity index (χ4n) is 3.20. The zero-order chi connectivity index (χ0) is 18.8. The summed E-state index contributed by atoms with van der Waals surface area (Å²) in [5, 5.41) is 0. The number of rotatable bonds is 19. The van der Waals surface area contributed by atoms with Crippen molar-refractivity contribution in [3.8, 4) is 0 Å². The van der Waals surface area contributed by atoms with Crippen molar-refractivity contribution in [2.45, 2.75) is 104 Å². The number of unbranched alkanes of at least 4 members (excludes halogenated alkanes) is 13. The van der Waals surface area contributed by atoms with Gasteiger partial charge in [0.05, 0.1) is 5.75 Å². The van der Waals surface area contributed by atoms with E-state index in [4.69, 9.17) is 11.6 Å². The number of alkyl halides is 1. The highest BCUT2D eigenvalue weighted by Gasteiger charge is 2.18. The molecule has 0 saturated carbocycles. The van der Waals surface area contributed by atoms with Crippen molar-refractivity contribution in [1.82, 2.24) is 4.31 Å². The monoisotopic (exact) mass is 395 g/mol. The molecule has 0 unspecified atom stereocenters. The molecule has 0 amide bonds. The standard InChI is InChI=1S/C20H42ClNO2S/c1-3-5-6-7-8-9-10-11-12-13-14-15-16-17-19-22(4-2)25(23,24)20-18-21/h3-20H2,1-2H3. The minimum Gasteiger partial charge on any atom is -0.212 e. The van der Waals surface area contributed by atoms with Crippen molar-refractivity contribution in [1.29, 1.82) is 0 Å². The van der Waals surface area contributed by atoms with Crippen molar-refractivity contribution < 1.29 is 8.42 Å². The summed E-state index contributed by atoms with van der Waals surface area (Å²) in [5.74, 6) is 0.235. The molecule has 0 atom stereocenters. The van der Waals surface area contributed by atoms with Crippen LogP contribution in [-0.2, 0) is 10.0 Å². The molecular formula is C20H42ClNO2S. The van der Waals surface area contributed by atoms with E-state index < -0.39 is 10.0 Å². The summed E-state index contributed by atoms with van der Waals surface area (Å²) in [6, 6.07) is 0. The number of hydrogen-bond donors (Lipinski definition) is 0. The molecule has 0 bridgehead atoms. The molecule has 0 rings (SSSR count). The Kier molecular flexibility index (Phi) is 17.7. The Hall–Kier alpha value is 0.200. The summed E-state index contributed by atoms with van der Waals surface area (Å²) in [5.41, 5.74) is 0. The number of nitrogens with zero attached hydrogens (tertiary/aromatic N) is 1. The van der Waals surface area contributed by atoms with Gasteiger partial charge >= 0.3 is 0 Å². The van der Waals surface area contributed by atoms with Crippen LogP contribution in [0, 0.1) is 0 Å². The second-order valence-electron chi connectivity index (χ2n) is 7.09. The third-order valence-corrected chi connectivity index (χ3v) is 7.20. The van der Waals surface area contributed by atoms with Crippen molar-refractivity contribution >= 4 is 21.6 Å². The Morgan fingerprint density at radius 1 is 0.680 bits per heavy atom. The van der Waals surface area contributed by atoms with E-state index in [9.17, 15) is 8.42 Å². The van der Waals surface area contributed by atoms with Gasteiger partial charge in [0, 0.05) is 19.0 Å². The minimum absolute atomic E-state index is 0.0565. The fourth-order valence-corrected chi connectivity index (χ4v) is 5.04. The zero-order valence-electron chi connectivity index (χ0n) is 16.8. The molecule has 0 aromatic carbocycles. The highest BCUT2D eigenvalue weighted by Crippen LogP contribution is 2.13. The highest BCUT2D eigenvalue weighted by atomic mass is 35.5. The van der Waals surface area contributed by atoms with E-state index in [0.717, 1.165) is 12.8 Å². The SMILES string of the molecule is CCCCCCCCCCCCCCCCN(CC)S(=O)(=O)CCCl. The average molecular weight is 396 g/mol. The van der Waals surface area contributed by atoms with Gasteiger partial charge in [-0.1, -0.05) is 97.3 Å². The van der Waals surface area contributed by atoms with Gasteiger partial charge in [-0.15, -0.1) is 11.6 Å². The summed E-state index contributed by atoms with van der Waals surface area (Å²) in [6.07, 6.45) is 18.5. The van der Waals surface area contributed by atoms with Crippen molar-refractivity contribution in [3.05, 3.63) is 0 Å². The second kappa shape index (κ2) is 17.6. The zero-order valence-corrected chi connectivity index (χ0v) is 18.4. The van der Waals surface area contributed by atoms with Gasteiger partial charge in [0.2, 0.25) is 10.0 Å². The van der Waals surface area contributed by atoms with Crippen LogP contribution in [0.2, 0.25) is 0 Å². The van der Waals surface area contributed by atoms with Crippen molar-refractivity contribution in [2.24, 2.45) is 0 Å². The third-order valence-electron chi connectivity index (χ3n) is 4.84. The molecule has 5 heteroatoms. The first kappa shape index (κ1) is 25.2. The Morgan fingerprint density at radius 3 is 1.44 bits per heavy atom. The number of sulfonamides is 1. The van der Waals surface area contributed by atoms with Crippen LogP contribution < -0.4 is 0 Å². The maximum absolute atomic E-state index is 12.0. The van der Waals surface area contributed by atoms with E-state index >= 15 is 0 Å². The molecule has 0 aliphatic rings. The van der Waals surface area contributed by atoms with Crippen LogP contribution in [-0.4, -0.2) is 37.4 Å². The maximum atomic E-state index is 12.0. The van der Waals surface area contributed by atoms with Gasteiger partial charge in [-0.25, -0.2) is 12.7 Å². The first-order chi connectivity index (χ1) is 12.1. The predicted molar refractivity (Wildman–Crippen MR) is 112 cm³/mol. The summed E-state index contributed by atoms with van der Waals surface area (Å²) < 4.78 is 25.5. The molecule has 0 aromatic rings. The predicted octanol–water partition coefficient (Wildman–Crippen LogP) is 6.36. The normalized spacial score (nSPS) is 12.2. The van der Waals surface area contributed by atoms with Gasteiger partial charge in [-0.2, -0.15) is 0 Å². The van der Waals surface area contributed by atoms with E-state index in [1.54, 1.807) is 4.31 Å². The van der Waals surface area contributed by atoms with Crippen LogP contribution in [0.3, 0.4) is 0 Å². The average Bonchev–Trinajstić information content (AvgIpc) is 2.58. The lowest BCUT2D eigenvalue weighted by Crippen LogP contribution is -2.34. The lowest BCUT2D eigenvalue weighted by Gasteiger charge is -2.19. The molecule has 0 aliphatic heterocycles. The van der Waals surface area contributed by atoms with Crippen molar-refractivity contribution in [3.63, 3.8) is 0 Å². The molecule has 152 valence electrons. The number of hydrogen-bond acceptors (Lipinski definition) is 2. The largest absolute Gasteiger partial charge is 0.215 e. The van der Waals surface area contributed by atoms with Crippen LogP contribution in [0.25, 0.3) is 0 Å². The molecule has 0 fully saturated rings. The van der Waals surface area contributed by atoms with Crippen LogP contribution in [0.15, 0.2) is 0 Å². The maximum Gasteiger partial charge on any atom is 0.215 e. The van der Waals surface area contributed by atoms with Gasteiger partial charge in [0.1, 0.15) is 0 Å². The minimum atomic E-state index is -3.14. The molecule has 0 aliphatic carbocycles. The molecule has 0 aromatic heterocycles. The van der Waals surface area contributed by atoms with E-state index in [1.165, 1.54) is 77.0 Å². The van der Waals surface area contributed by atoms with Gasteiger partial charge < -0.3 is 0 Å². The lowest BCUT2D eigenvalue weighted by atomic mass is 10.0. The highest BCUT2D eigenvalue weighted by molar-refractivity contribution is 7.89. The van der Waals surface area contributed by atoms with E-state index in [0.29, 0.717) is 13.1 Å². The molecule has 0 spiro atoms. The Labute approximate surface area is 162 Å². The van der Waals surface area contributed by atoms with Gasteiger partial charge in [0.25, 0.3) is 0 Å². The third kappa shape index (κ3) is 15.0. The van der Waals surface area contributed by atoms with Crippen LogP contribution >= 0.6 is 11.6 Å². The summed E-state index contributed by atoms with van der Waals surface area (Å²) in [4.78, 5) is 0. The van der Waals surface area contributed by atoms with Crippen LogP contribution in [0.1, 0.15) is 104 Å². The molecule has 0 heterocycles. The molecular weight excluding hydrogens is 354 g/mol. The first-order valence-corrected chi connectivity index (χ1v) is 12.8. The van der Waals surface area contributed by atoms with E-state index in [2.05, 4.69) is 6.92 Å². The first-order valence-electron chi connectivity index (χ1n) is 10.6. The lowest BCUT2D eigenvalue weighted by molar-refractivity contribution is 0.411. The van der Waals surface area contributed by atoms with Crippen LogP contribution in [0.4, 0.5) is 0 Å². The molecule has 0 saturated heterocycles. The van der Waals surface area contributed by atoms with E-state index in [-0.39, 0.29) is 11.6 Å². The smallest absolute Gasteiger partial charge is 0.212 e. The topological polar surface area (TPSA) is 37.4 Å². The summed E-state index contributed by atoms with van der Waals surface area (Å²) >= 11 is 5.57. The Bertz CT molecular complexity index is 374. The molecule has 25 heavy (non-hydrogen) atoms. The van der Waals surface area contributed by atoms with Gasteiger partial charge in [0.15, 0.2) is 0 Å². The molecule has 3 nitrogen and oxygen atoms in total. The van der Waals surface area contributed by atoms with Crippen LogP contribution in [0.5, 0.6) is 0 Å².